The second kappa shape index (κ2) is 3.98. The molecule has 0 amide bonds. The summed E-state index contributed by atoms with van der Waals surface area (Å²) in [5, 5.41) is 9.43. The van der Waals surface area contributed by atoms with Crippen molar-refractivity contribution in [3.63, 3.8) is 0 Å². The van der Waals surface area contributed by atoms with Gasteiger partial charge >= 0.3 is 0 Å². The van der Waals surface area contributed by atoms with Crippen molar-refractivity contribution in [2.24, 2.45) is 5.92 Å². The van der Waals surface area contributed by atoms with Crippen molar-refractivity contribution in [1.29, 1.82) is 0 Å². The maximum atomic E-state index is 14.0. The van der Waals surface area contributed by atoms with E-state index in [1.54, 1.807) is 6.92 Å². The Morgan fingerprint density at radius 2 is 2.24 bits per heavy atom. The number of benzene rings is 1. The molecule has 0 radical (unpaired) electrons. The van der Waals surface area contributed by atoms with Gasteiger partial charge in [-0.2, -0.15) is 0 Å². The molecule has 1 heterocycles. The molecular formula is C14H18FNO. The number of aliphatic hydroxyl groups excluding tert-OH is 1. The van der Waals surface area contributed by atoms with E-state index in [9.17, 15) is 9.50 Å². The summed E-state index contributed by atoms with van der Waals surface area (Å²) in [5.41, 5.74) is 1.36. The van der Waals surface area contributed by atoms with E-state index in [1.807, 2.05) is 12.1 Å². The lowest BCUT2D eigenvalue weighted by Gasteiger charge is -2.29. The summed E-state index contributed by atoms with van der Waals surface area (Å²) in [5.74, 6) is 0.562. The number of anilines is 1. The number of piperidine rings is 1. The molecule has 3 heteroatoms. The third kappa shape index (κ3) is 1.82. The van der Waals surface area contributed by atoms with Crippen LogP contribution in [0.1, 0.15) is 37.9 Å². The highest BCUT2D eigenvalue weighted by molar-refractivity contribution is 5.52. The van der Waals surface area contributed by atoms with E-state index in [1.165, 1.54) is 25.3 Å². The van der Waals surface area contributed by atoms with Crippen LogP contribution in [0.3, 0.4) is 0 Å². The summed E-state index contributed by atoms with van der Waals surface area (Å²) in [7, 11) is 0. The van der Waals surface area contributed by atoms with Gasteiger partial charge in [-0.05, 0) is 49.8 Å². The Hall–Kier alpha value is -1.09. The van der Waals surface area contributed by atoms with Gasteiger partial charge in [0.2, 0.25) is 0 Å². The van der Waals surface area contributed by atoms with Gasteiger partial charge in [0.25, 0.3) is 0 Å². The summed E-state index contributed by atoms with van der Waals surface area (Å²) in [6.45, 7) is 2.65. The Morgan fingerprint density at radius 3 is 2.76 bits per heavy atom. The quantitative estimate of drug-likeness (QED) is 0.852. The van der Waals surface area contributed by atoms with Crippen molar-refractivity contribution < 1.29 is 9.50 Å². The predicted octanol–water partition coefficient (Wildman–Crippen LogP) is 2.87. The van der Waals surface area contributed by atoms with E-state index in [-0.39, 0.29) is 5.82 Å². The Morgan fingerprint density at radius 1 is 1.41 bits per heavy atom. The molecule has 1 aromatic rings. The van der Waals surface area contributed by atoms with E-state index in [2.05, 4.69) is 4.90 Å². The number of nitrogens with zero attached hydrogens (tertiary/aromatic N) is 1. The minimum atomic E-state index is -0.603. The van der Waals surface area contributed by atoms with E-state index >= 15 is 0 Å². The van der Waals surface area contributed by atoms with Crippen molar-refractivity contribution in [2.45, 2.75) is 38.3 Å². The largest absolute Gasteiger partial charge is 0.389 e. The first-order valence-electron chi connectivity index (χ1n) is 6.39. The molecule has 1 N–H and O–H groups in total. The molecule has 92 valence electrons. The molecule has 0 spiro atoms. The number of hydrogen-bond donors (Lipinski definition) is 1. The fourth-order valence-electron chi connectivity index (χ4n) is 3.24. The highest BCUT2D eigenvalue weighted by Gasteiger charge is 2.38. The summed E-state index contributed by atoms with van der Waals surface area (Å²) < 4.78 is 14.0. The van der Waals surface area contributed by atoms with Crippen molar-refractivity contribution in [2.75, 3.05) is 11.4 Å². The zero-order chi connectivity index (χ0) is 12.0. The van der Waals surface area contributed by atoms with Gasteiger partial charge in [0.05, 0.1) is 11.8 Å². The molecule has 2 unspecified atom stereocenters. The van der Waals surface area contributed by atoms with Gasteiger partial charge < -0.3 is 10.0 Å². The van der Waals surface area contributed by atoms with Crippen LogP contribution in [0.25, 0.3) is 0 Å². The van der Waals surface area contributed by atoms with Gasteiger partial charge in [0, 0.05) is 12.6 Å². The molecule has 1 saturated carbocycles. The number of aliphatic hydroxyl groups is 1. The third-order valence-electron chi connectivity index (χ3n) is 4.17. The molecule has 0 aromatic heterocycles. The van der Waals surface area contributed by atoms with Crippen molar-refractivity contribution in [3.05, 3.63) is 29.6 Å². The second-order valence-corrected chi connectivity index (χ2v) is 5.37. The van der Waals surface area contributed by atoms with E-state index in [4.69, 9.17) is 0 Å². The predicted molar refractivity (Wildman–Crippen MR) is 65.5 cm³/mol. The van der Waals surface area contributed by atoms with Crippen LogP contribution in [0, 0.1) is 11.7 Å². The molecular weight excluding hydrogens is 217 g/mol. The summed E-state index contributed by atoms with van der Waals surface area (Å²) in [6.07, 6.45) is 3.11. The Bertz CT molecular complexity index is 432. The zero-order valence-corrected chi connectivity index (χ0v) is 10.1. The maximum Gasteiger partial charge on any atom is 0.146 e. The molecule has 3 atom stereocenters. The van der Waals surface area contributed by atoms with Crippen LogP contribution in [0.2, 0.25) is 0 Å². The van der Waals surface area contributed by atoms with Crippen molar-refractivity contribution in [1.82, 2.24) is 0 Å². The number of halogens is 1. The number of rotatable bonds is 2. The molecule has 3 rings (SSSR count). The first kappa shape index (κ1) is 11.0. The van der Waals surface area contributed by atoms with Crippen LogP contribution in [-0.4, -0.2) is 17.7 Å². The SMILES string of the molecule is C[C@@H](O)c1ccc(N2CC3CCC2C3)c(F)c1. The van der Waals surface area contributed by atoms with Crippen LogP contribution in [0.15, 0.2) is 18.2 Å². The minimum Gasteiger partial charge on any atom is -0.389 e. The fourth-order valence-corrected chi connectivity index (χ4v) is 3.24. The van der Waals surface area contributed by atoms with Crippen molar-refractivity contribution in [3.8, 4) is 0 Å². The van der Waals surface area contributed by atoms with Gasteiger partial charge in [-0.3, -0.25) is 0 Å². The number of fused-ring (bicyclic) bond motifs is 2. The highest BCUT2D eigenvalue weighted by Crippen LogP contribution is 2.41. The van der Waals surface area contributed by atoms with Gasteiger partial charge in [0.15, 0.2) is 0 Å². The molecule has 2 bridgehead atoms. The lowest BCUT2D eigenvalue weighted by Crippen LogP contribution is -2.32. The first-order valence-corrected chi connectivity index (χ1v) is 6.39. The molecule has 1 aliphatic carbocycles. The Labute approximate surface area is 101 Å². The summed E-state index contributed by atoms with van der Waals surface area (Å²) in [4.78, 5) is 2.20. The van der Waals surface area contributed by atoms with E-state index < -0.39 is 6.10 Å². The van der Waals surface area contributed by atoms with E-state index in [0.717, 1.165) is 12.5 Å². The van der Waals surface area contributed by atoms with Gasteiger partial charge in [-0.1, -0.05) is 6.07 Å². The normalized spacial score (nSPS) is 28.8. The second-order valence-electron chi connectivity index (χ2n) is 5.37. The molecule has 1 aliphatic heterocycles. The lowest BCUT2D eigenvalue weighted by molar-refractivity contribution is 0.199. The van der Waals surface area contributed by atoms with Crippen molar-refractivity contribution >= 4 is 5.69 Å². The Kier molecular flexibility index (Phi) is 2.58. The van der Waals surface area contributed by atoms with Gasteiger partial charge in [-0.15, -0.1) is 0 Å². The molecule has 1 aromatic carbocycles. The standard InChI is InChI=1S/C14H18FNO/c1-9(17)11-3-5-14(13(15)7-11)16-8-10-2-4-12(16)6-10/h3,5,7,9-10,12,17H,2,4,6,8H2,1H3/t9-,10?,12?/m1/s1. The monoisotopic (exact) mass is 235 g/mol. The summed E-state index contributed by atoms with van der Waals surface area (Å²) in [6, 6.07) is 5.64. The number of hydrogen-bond acceptors (Lipinski definition) is 2. The van der Waals surface area contributed by atoms with Crippen LogP contribution < -0.4 is 4.90 Å². The average Bonchev–Trinajstić information content (AvgIpc) is 2.90. The third-order valence-corrected chi connectivity index (χ3v) is 4.17. The molecule has 17 heavy (non-hydrogen) atoms. The topological polar surface area (TPSA) is 23.5 Å². The molecule has 2 nitrogen and oxygen atoms in total. The molecule has 2 fully saturated rings. The maximum absolute atomic E-state index is 14.0. The molecule has 2 aliphatic rings. The Balaban J connectivity index is 1.89. The zero-order valence-electron chi connectivity index (χ0n) is 10.1. The summed E-state index contributed by atoms with van der Waals surface area (Å²) >= 11 is 0. The first-order chi connectivity index (χ1) is 8.15. The van der Waals surface area contributed by atoms with Crippen LogP contribution in [-0.2, 0) is 0 Å². The fraction of sp³-hybridized carbons (Fsp3) is 0.571. The lowest BCUT2D eigenvalue weighted by atomic mass is 10.1. The smallest absolute Gasteiger partial charge is 0.146 e. The van der Waals surface area contributed by atoms with Crippen LogP contribution in [0.5, 0.6) is 0 Å². The van der Waals surface area contributed by atoms with Gasteiger partial charge in [-0.25, -0.2) is 4.39 Å². The molecule has 1 saturated heterocycles. The van der Waals surface area contributed by atoms with Crippen LogP contribution in [0.4, 0.5) is 10.1 Å². The van der Waals surface area contributed by atoms with Gasteiger partial charge in [0.1, 0.15) is 5.82 Å². The van der Waals surface area contributed by atoms with Crippen LogP contribution >= 0.6 is 0 Å². The van der Waals surface area contributed by atoms with E-state index in [0.29, 0.717) is 17.3 Å². The minimum absolute atomic E-state index is 0.198. The highest BCUT2D eigenvalue weighted by atomic mass is 19.1. The average molecular weight is 235 g/mol.